The Morgan fingerprint density at radius 1 is 1.36 bits per heavy atom. The molecule has 0 fully saturated rings. The number of carbonyl (C=O) groups is 2. The molecule has 0 aromatic heterocycles. The Bertz CT molecular complexity index is 270. The molecule has 0 saturated heterocycles. The highest BCUT2D eigenvalue weighted by Crippen LogP contribution is 2.13. The van der Waals surface area contributed by atoms with Gasteiger partial charge in [0.2, 0.25) is 0 Å². The quantitative estimate of drug-likeness (QED) is 0.306. The van der Waals surface area contributed by atoms with E-state index in [0.29, 0.717) is 0 Å². The second-order valence-corrected chi connectivity index (χ2v) is 2.67. The van der Waals surface area contributed by atoms with E-state index in [1.165, 1.54) is 26.4 Å². The number of halogens is 1. The van der Waals surface area contributed by atoms with Crippen molar-refractivity contribution in [2.24, 2.45) is 0 Å². The van der Waals surface area contributed by atoms with Crippen LogP contribution in [-0.4, -0.2) is 31.5 Å². The molecule has 0 spiro atoms. The van der Waals surface area contributed by atoms with E-state index in [2.05, 4.69) is 16.1 Å². The Kier molecular flexibility index (Phi) is 5.64. The molecule has 78 valence electrons. The van der Waals surface area contributed by atoms with Crippen LogP contribution in [0, 0.1) is 0 Å². The third kappa shape index (κ3) is 3.22. The number of allylic oxidation sites excluding steroid dienone is 2. The van der Waals surface area contributed by atoms with E-state index in [9.17, 15) is 9.59 Å². The minimum absolute atomic E-state index is 0.00369. The fourth-order valence-electron chi connectivity index (χ4n) is 0.731. The van der Waals surface area contributed by atoms with Crippen molar-refractivity contribution in [1.82, 2.24) is 0 Å². The molecule has 0 bridgehead atoms. The summed E-state index contributed by atoms with van der Waals surface area (Å²) >= 11 is 5.66. The predicted molar refractivity (Wildman–Crippen MR) is 52.0 cm³/mol. The highest BCUT2D eigenvalue weighted by Gasteiger charge is 2.26. The average molecular weight is 219 g/mol. The third-order valence-corrected chi connectivity index (χ3v) is 1.81. The van der Waals surface area contributed by atoms with E-state index < -0.39 is 17.3 Å². The Hall–Kier alpha value is -1.29. The van der Waals surface area contributed by atoms with Crippen LogP contribution in [-0.2, 0) is 19.1 Å². The van der Waals surface area contributed by atoms with Crippen molar-refractivity contribution in [3.05, 3.63) is 24.3 Å². The van der Waals surface area contributed by atoms with Gasteiger partial charge in [0, 0.05) is 0 Å². The Labute approximate surface area is 87.1 Å². The van der Waals surface area contributed by atoms with Gasteiger partial charge in [0.05, 0.1) is 19.8 Å². The molecule has 0 heterocycles. The van der Waals surface area contributed by atoms with Crippen LogP contribution in [0.15, 0.2) is 24.3 Å². The van der Waals surface area contributed by atoms with E-state index in [-0.39, 0.29) is 5.57 Å². The summed E-state index contributed by atoms with van der Waals surface area (Å²) in [6.45, 7) is 3.39. The maximum Gasteiger partial charge on any atom is 0.335 e. The van der Waals surface area contributed by atoms with Gasteiger partial charge in [-0.1, -0.05) is 18.7 Å². The lowest BCUT2D eigenvalue weighted by molar-refractivity contribution is -0.142. The van der Waals surface area contributed by atoms with Crippen LogP contribution in [0.1, 0.15) is 0 Å². The molecule has 0 aromatic rings. The van der Waals surface area contributed by atoms with Gasteiger partial charge in [-0.2, -0.15) is 0 Å². The normalized spacial score (nSPS) is 12.9. The molecule has 0 saturated carbocycles. The number of alkyl halides is 1. The van der Waals surface area contributed by atoms with E-state index in [1.807, 2.05) is 0 Å². The average Bonchev–Trinajstić information content (AvgIpc) is 2.22. The van der Waals surface area contributed by atoms with Crippen LogP contribution >= 0.6 is 11.6 Å². The largest absolute Gasteiger partial charge is 0.468 e. The summed E-state index contributed by atoms with van der Waals surface area (Å²) in [4.78, 5) is 22.1. The summed E-state index contributed by atoms with van der Waals surface area (Å²) < 4.78 is 8.81. The van der Waals surface area contributed by atoms with E-state index >= 15 is 0 Å². The summed E-state index contributed by atoms with van der Waals surface area (Å²) in [5.74, 6) is -1.40. The van der Waals surface area contributed by atoms with Gasteiger partial charge in [-0.05, 0) is 0 Å². The van der Waals surface area contributed by atoms with Gasteiger partial charge in [-0.3, -0.25) is 4.79 Å². The van der Waals surface area contributed by atoms with Crippen molar-refractivity contribution in [3.8, 4) is 0 Å². The van der Waals surface area contributed by atoms with Crippen molar-refractivity contribution in [2.45, 2.75) is 5.38 Å². The summed E-state index contributed by atoms with van der Waals surface area (Å²) in [6.07, 6.45) is 2.64. The molecule has 4 nitrogen and oxygen atoms in total. The number of ether oxygens (including phenoxy) is 2. The zero-order chi connectivity index (χ0) is 11.1. The Balaban J connectivity index is 4.84. The number of carbonyl (C=O) groups excluding carboxylic acids is 2. The van der Waals surface area contributed by atoms with Crippen LogP contribution in [0.2, 0.25) is 0 Å². The molecular formula is C9H11ClO4. The molecule has 1 atom stereocenters. The van der Waals surface area contributed by atoms with Gasteiger partial charge in [0.25, 0.3) is 0 Å². The first-order valence-electron chi connectivity index (χ1n) is 3.71. The lowest BCUT2D eigenvalue weighted by Gasteiger charge is -2.09. The predicted octanol–water partition coefficient (Wildman–Crippen LogP) is 1.05. The van der Waals surface area contributed by atoms with Gasteiger partial charge < -0.3 is 9.47 Å². The molecule has 0 aliphatic heterocycles. The van der Waals surface area contributed by atoms with Crippen LogP contribution in [0.25, 0.3) is 0 Å². The number of esters is 2. The van der Waals surface area contributed by atoms with E-state index in [1.54, 1.807) is 0 Å². The van der Waals surface area contributed by atoms with Crippen LogP contribution in [0.3, 0.4) is 0 Å². The SMILES string of the molecule is C=C/C=C(\C(=O)OC)C(Cl)C(=O)OC. The van der Waals surface area contributed by atoms with Gasteiger partial charge >= 0.3 is 11.9 Å². The van der Waals surface area contributed by atoms with Crippen molar-refractivity contribution >= 4 is 23.5 Å². The van der Waals surface area contributed by atoms with E-state index in [0.717, 1.165) is 0 Å². The molecule has 0 rings (SSSR count). The first-order valence-corrected chi connectivity index (χ1v) is 4.15. The standard InChI is InChI=1S/C9H11ClO4/c1-4-5-6(8(11)13-2)7(10)9(12)14-3/h4-5,7H,1H2,2-3H3/b6-5-. The molecular weight excluding hydrogens is 208 g/mol. The maximum absolute atomic E-state index is 11.1. The Morgan fingerprint density at radius 2 is 1.93 bits per heavy atom. The van der Waals surface area contributed by atoms with E-state index in [4.69, 9.17) is 11.6 Å². The van der Waals surface area contributed by atoms with Gasteiger partial charge in [-0.15, -0.1) is 11.6 Å². The smallest absolute Gasteiger partial charge is 0.335 e. The lowest BCUT2D eigenvalue weighted by Crippen LogP contribution is -2.24. The first kappa shape index (κ1) is 12.7. The number of hydrogen-bond donors (Lipinski definition) is 0. The molecule has 5 heteroatoms. The highest BCUT2D eigenvalue weighted by molar-refractivity contribution is 6.34. The molecule has 0 aliphatic rings. The third-order valence-electron chi connectivity index (χ3n) is 1.40. The van der Waals surface area contributed by atoms with Crippen molar-refractivity contribution < 1.29 is 19.1 Å². The Morgan fingerprint density at radius 3 is 2.29 bits per heavy atom. The zero-order valence-corrected chi connectivity index (χ0v) is 8.71. The van der Waals surface area contributed by atoms with Crippen molar-refractivity contribution in [1.29, 1.82) is 0 Å². The summed E-state index contributed by atoms with van der Waals surface area (Å²) in [6, 6.07) is 0. The van der Waals surface area contributed by atoms with Gasteiger partial charge in [0.15, 0.2) is 5.38 Å². The number of hydrogen-bond acceptors (Lipinski definition) is 4. The molecule has 0 aromatic carbocycles. The molecule has 0 aliphatic carbocycles. The van der Waals surface area contributed by atoms with Crippen molar-refractivity contribution in [3.63, 3.8) is 0 Å². The van der Waals surface area contributed by atoms with Crippen LogP contribution in [0.4, 0.5) is 0 Å². The summed E-state index contributed by atoms with van der Waals surface area (Å²) in [5.41, 5.74) is -0.00369. The lowest BCUT2D eigenvalue weighted by atomic mass is 10.1. The molecule has 0 amide bonds. The van der Waals surface area contributed by atoms with Crippen LogP contribution < -0.4 is 0 Å². The van der Waals surface area contributed by atoms with Gasteiger partial charge in [0.1, 0.15) is 0 Å². The number of methoxy groups -OCH3 is 2. The molecule has 0 radical (unpaired) electrons. The van der Waals surface area contributed by atoms with Gasteiger partial charge in [-0.25, -0.2) is 4.79 Å². The monoisotopic (exact) mass is 218 g/mol. The first-order chi connectivity index (χ1) is 6.58. The minimum Gasteiger partial charge on any atom is -0.468 e. The minimum atomic E-state index is -1.18. The summed E-state index contributed by atoms with van der Waals surface area (Å²) in [7, 11) is 2.38. The fourth-order valence-corrected chi connectivity index (χ4v) is 0.982. The second-order valence-electron chi connectivity index (χ2n) is 2.24. The highest BCUT2D eigenvalue weighted by atomic mass is 35.5. The fraction of sp³-hybridized carbons (Fsp3) is 0.333. The topological polar surface area (TPSA) is 52.6 Å². The maximum atomic E-state index is 11.1. The number of rotatable bonds is 4. The van der Waals surface area contributed by atoms with Crippen LogP contribution in [0.5, 0.6) is 0 Å². The molecule has 1 unspecified atom stereocenters. The van der Waals surface area contributed by atoms with Crippen molar-refractivity contribution in [2.75, 3.05) is 14.2 Å². The molecule has 0 N–H and O–H groups in total. The molecule has 14 heavy (non-hydrogen) atoms. The summed E-state index contributed by atoms with van der Waals surface area (Å²) in [5, 5.41) is -1.18. The zero-order valence-electron chi connectivity index (χ0n) is 7.95. The second kappa shape index (κ2) is 6.21.